The minimum atomic E-state index is -3.72. The second-order valence-electron chi connectivity index (χ2n) is 4.01. The van der Waals surface area contributed by atoms with Crippen LogP contribution < -0.4 is 10.5 Å². The van der Waals surface area contributed by atoms with E-state index in [9.17, 15) is 12.8 Å². The van der Waals surface area contributed by atoms with E-state index in [0.717, 1.165) is 12.1 Å². The first-order chi connectivity index (χ1) is 8.24. The molecule has 0 aliphatic carbocycles. The van der Waals surface area contributed by atoms with Crippen LogP contribution in [0.3, 0.4) is 0 Å². The first kappa shape index (κ1) is 15.4. The van der Waals surface area contributed by atoms with Gasteiger partial charge in [0.1, 0.15) is 10.7 Å². The minimum absolute atomic E-state index is 0.0599. The van der Waals surface area contributed by atoms with Crippen LogP contribution >= 0.6 is 15.9 Å². The fourth-order valence-corrected chi connectivity index (χ4v) is 2.91. The van der Waals surface area contributed by atoms with Crippen molar-refractivity contribution in [2.45, 2.75) is 4.90 Å². The number of anilines is 1. The molecule has 8 heteroatoms. The molecule has 0 amide bonds. The predicted molar refractivity (Wildman–Crippen MR) is 72.3 cm³/mol. The van der Waals surface area contributed by atoms with Gasteiger partial charge in [0.2, 0.25) is 10.0 Å². The van der Waals surface area contributed by atoms with Gasteiger partial charge in [-0.1, -0.05) is 0 Å². The molecule has 0 fully saturated rings. The number of sulfonamides is 1. The molecule has 0 unspecified atom stereocenters. The second-order valence-corrected chi connectivity index (χ2v) is 6.59. The molecule has 0 saturated heterocycles. The van der Waals surface area contributed by atoms with Gasteiger partial charge in [0.25, 0.3) is 0 Å². The summed E-state index contributed by atoms with van der Waals surface area (Å²) in [6.07, 6.45) is 0. The van der Waals surface area contributed by atoms with E-state index in [1.54, 1.807) is 0 Å². The van der Waals surface area contributed by atoms with Crippen LogP contribution in [-0.4, -0.2) is 40.5 Å². The van der Waals surface area contributed by atoms with Crippen molar-refractivity contribution in [1.82, 2.24) is 9.62 Å². The smallest absolute Gasteiger partial charge is 0.242 e. The number of rotatable bonds is 5. The maximum Gasteiger partial charge on any atom is 0.242 e. The Morgan fingerprint density at radius 3 is 2.61 bits per heavy atom. The van der Waals surface area contributed by atoms with Crippen molar-refractivity contribution in [2.75, 3.05) is 32.9 Å². The van der Waals surface area contributed by atoms with Crippen molar-refractivity contribution < 1.29 is 12.8 Å². The molecule has 18 heavy (non-hydrogen) atoms. The zero-order chi connectivity index (χ0) is 13.9. The normalized spacial score (nSPS) is 12.1. The van der Waals surface area contributed by atoms with Gasteiger partial charge < -0.3 is 10.6 Å². The number of nitrogen functional groups attached to an aromatic ring is 1. The molecule has 0 saturated carbocycles. The average Bonchev–Trinajstić information content (AvgIpc) is 2.22. The summed E-state index contributed by atoms with van der Waals surface area (Å²) < 4.78 is 39.5. The summed E-state index contributed by atoms with van der Waals surface area (Å²) in [5.41, 5.74) is 5.40. The summed E-state index contributed by atoms with van der Waals surface area (Å²) >= 11 is 2.93. The first-order valence-electron chi connectivity index (χ1n) is 5.13. The maximum atomic E-state index is 13.2. The van der Waals surface area contributed by atoms with E-state index >= 15 is 0 Å². The summed E-state index contributed by atoms with van der Waals surface area (Å²) in [5.74, 6) is -0.597. The fourth-order valence-electron chi connectivity index (χ4n) is 1.26. The molecule has 0 atom stereocenters. The molecule has 0 spiro atoms. The summed E-state index contributed by atoms with van der Waals surface area (Å²) in [6, 6.07) is 2.13. The highest BCUT2D eigenvalue weighted by Gasteiger charge is 2.19. The number of benzene rings is 1. The molecule has 0 radical (unpaired) electrons. The third-order valence-electron chi connectivity index (χ3n) is 2.19. The lowest BCUT2D eigenvalue weighted by Gasteiger charge is -2.12. The Bertz CT molecular complexity index is 534. The van der Waals surface area contributed by atoms with Gasteiger partial charge in [-0.25, -0.2) is 17.5 Å². The van der Waals surface area contributed by atoms with Crippen molar-refractivity contribution in [2.24, 2.45) is 0 Å². The van der Waals surface area contributed by atoms with Gasteiger partial charge >= 0.3 is 0 Å². The molecule has 5 nitrogen and oxygen atoms in total. The molecule has 1 aromatic carbocycles. The van der Waals surface area contributed by atoms with Gasteiger partial charge in [0, 0.05) is 13.1 Å². The molecular weight excluding hydrogens is 325 g/mol. The van der Waals surface area contributed by atoms with E-state index in [2.05, 4.69) is 20.7 Å². The molecule has 0 bridgehead atoms. The van der Waals surface area contributed by atoms with Gasteiger partial charge in [0.05, 0.1) is 10.2 Å². The molecule has 0 aromatic heterocycles. The van der Waals surface area contributed by atoms with Crippen LogP contribution in [0, 0.1) is 5.82 Å². The molecular formula is C10H15BrFN3O2S. The number of hydrogen-bond donors (Lipinski definition) is 2. The monoisotopic (exact) mass is 339 g/mol. The van der Waals surface area contributed by atoms with Crippen molar-refractivity contribution in [1.29, 1.82) is 0 Å². The van der Waals surface area contributed by atoms with Crippen molar-refractivity contribution in [3.05, 3.63) is 22.4 Å². The summed E-state index contributed by atoms with van der Waals surface area (Å²) in [6.45, 7) is 0.811. The molecule has 1 aromatic rings. The maximum absolute atomic E-state index is 13.2. The molecule has 0 aliphatic heterocycles. The summed E-state index contributed by atoms with van der Waals surface area (Å²) in [5, 5.41) is 0. The van der Waals surface area contributed by atoms with Crippen molar-refractivity contribution in [3.63, 3.8) is 0 Å². The van der Waals surface area contributed by atoms with Crippen LogP contribution in [0.1, 0.15) is 0 Å². The van der Waals surface area contributed by atoms with E-state index in [0.29, 0.717) is 6.54 Å². The van der Waals surface area contributed by atoms with Crippen LogP contribution in [-0.2, 0) is 10.0 Å². The number of halogens is 2. The highest BCUT2D eigenvalue weighted by atomic mass is 79.9. The standard InChI is InChI=1S/C10H15BrFN3O2S/c1-15(2)4-3-14-18(16,17)10-5-7(11)8(12)6-9(10)13/h5-6,14H,3-4,13H2,1-2H3. The Kier molecular flexibility index (Phi) is 5.09. The number of nitrogens with zero attached hydrogens (tertiary/aromatic N) is 1. The van der Waals surface area contributed by atoms with Gasteiger partial charge in [-0.3, -0.25) is 0 Å². The Hall–Kier alpha value is -0.700. The van der Waals surface area contributed by atoms with Gasteiger partial charge in [0.15, 0.2) is 0 Å². The van der Waals surface area contributed by atoms with Crippen molar-refractivity contribution in [3.8, 4) is 0 Å². The van der Waals surface area contributed by atoms with Crippen LogP contribution in [0.4, 0.5) is 10.1 Å². The van der Waals surface area contributed by atoms with Gasteiger partial charge in [-0.2, -0.15) is 0 Å². The van der Waals surface area contributed by atoms with Gasteiger partial charge in [-0.05, 0) is 42.2 Å². The third kappa shape index (κ3) is 3.91. The minimum Gasteiger partial charge on any atom is -0.398 e. The van der Waals surface area contributed by atoms with E-state index in [-0.39, 0.29) is 21.6 Å². The zero-order valence-corrected chi connectivity index (χ0v) is 12.5. The quantitative estimate of drug-likeness (QED) is 0.785. The van der Waals surface area contributed by atoms with E-state index < -0.39 is 15.8 Å². The van der Waals surface area contributed by atoms with Crippen LogP contribution in [0.2, 0.25) is 0 Å². The Morgan fingerprint density at radius 2 is 2.06 bits per heavy atom. The SMILES string of the molecule is CN(C)CCNS(=O)(=O)c1cc(Br)c(F)cc1N. The van der Waals surface area contributed by atoms with Crippen LogP contribution in [0.5, 0.6) is 0 Å². The molecule has 102 valence electrons. The average molecular weight is 340 g/mol. The predicted octanol–water partition coefficient (Wildman–Crippen LogP) is 1.01. The number of hydrogen-bond acceptors (Lipinski definition) is 4. The van der Waals surface area contributed by atoms with E-state index in [4.69, 9.17) is 5.73 Å². The van der Waals surface area contributed by atoms with Gasteiger partial charge in [-0.15, -0.1) is 0 Å². The first-order valence-corrected chi connectivity index (χ1v) is 7.40. The fraction of sp³-hybridized carbons (Fsp3) is 0.400. The lowest BCUT2D eigenvalue weighted by molar-refractivity contribution is 0.412. The van der Waals surface area contributed by atoms with E-state index in [1.165, 1.54) is 0 Å². The number of likely N-dealkylation sites (N-methyl/N-ethyl adjacent to an activating group) is 1. The lowest BCUT2D eigenvalue weighted by Crippen LogP contribution is -2.31. The van der Waals surface area contributed by atoms with E-state index in [1.807, 2.05) is 19.0 Å². The molecule has 0 aliphatic rings. The summed E-state index contributed by atoms with van der Waals surface area (Å²) in [7, 11) is -0.0632. The van der Waals surface area contributed by atoms with Crippen LogP contribution in [0.25, 0.3) is 0 Å². The highest BCUT2D eigenvalue weighted by molar-refractivity contribution is 9.10. The number of nitrogens with one attached hydrogen (secondary N) is 1. The van der Waals surface area contributed by atoms with Crippen molar-refractivity contribution >= 4 is 31.6 Å². The second kappa shape index (κ2) is 5.96. The Labute approximate surface area is 114 Å². The Morgan fingerprint density at radius 1 is 1.44 bits per heavy atom. The largest absolute Gasteiger partial charge is 0.398 e. The van der Waals surface area contributed by atoms with Crippen LogP contribution in [0.15, 0.2) is 21.5 Å². The molecule has 3 N–H and O–H groups in total. The molecule has 0 heterocycles. The lowest BCUT2D eigenvalue weighted by atomic mass is 10.3. The summed E-state index contributed by atoms with van der Waals surface area (Å²) in [4.78, 5) is 1.71. The Balaban J connectivity index is 2.95. The topological polar surface area (TPSA) is 75.4 Å². The zero-order valence-electron chi connectivity index (χ0n) is 10.1. The number of nitrogens with two attached hydrogens (primary N) is 1. The molecule has 1 rings (SSSR count). The highest BCUT2D eigenvalue weighted by Crippen LogP contribution is 2.25. The third-order valence-corrected chi connectivity index (χ3v) is 4.32.